The highest BCUT2D eigenvalue weighted by molar-refractivity contribution is 6.30. The molecule has 2 heterocycles. The zero-order valence-electron chi connectivity index (χ0n) is 14.5. The van der Waals surface area contributed by atoms with E-state index in [1.165, 1.54) is 5.69 Å². The summed E-state index contributed by atoms with van der Waals surface area (Å²) in [5.41, 5.74) is 7.33. The van der Waals surface area contributed by atoms with Gasteiger partial charge in [-0.1, -0.05) is 18.5 Å². The lowest BCUT2D eigenvalue weighted by molar-refractivity contribution is 0.379. The van der Waals surface area contributed by atoms with E-state index in [9.17, 15) is 0 Å². The molecule has 2 N–H and O–H groups in total. The van der Waals surface area contributed by atoms with Gasteiger partial charge in [-0.15, -0.1) is 0 Å². The van der Waals surface area contributed by atoms with Crippen LogP contribution < -0.4 is 10.6 Å². The molecular weight excluding hydrogens is 338 g/mol. The van der Waals surface area contributed by atoms with Gasteiger partial charge in [0.1, 0.15) is 12.3 Å². The second-order valence-corrected chi connectivity index (χ2v) is 6.53. The van der Waals surface area contributed by atoms with Crippen LogP contribution in [-0.2, 0) is 13.0 Å². The largest absolute Gasteiger partial charge is 0.444 e. The number of aromatic nitrogens is 1. The fourth-order valence-electron chi connectivity index (χ4n) is 2.86. The molecule has 0 radical (unpaired) electrons. The molecule has 1 aliphatic rings. The van der Waals surface area contributed by atoms with Gasteiger partial charge in [0.2, 0.25) is 0 Å². The summed E-state index contributed by atoms with van der Waals surface area (Å²) >= 11 is 5.95. The predicted molar refractivity (Wildman–Crippen MR) is 101 cm³/mol. The molecule has 7 heteroatoms. The standard InChI is InChI=1S/C18H24ClN5O/c1-2-3-17-21-12-16(25-17)13-22-18(20)24-10-8-23(9-11-24)15-6-4-14(19)5-7-15/h4-7,12H,2-3,8-11,13H2,1H3,(H2,20,22). The van der Waals surface area contributed by atoms with Crippen molar-refractivity contribution in [2.24, 2.45) is 10.7 Å². The highest BCUT2D eigenvalue weighted by Crippen LogP contribution is 2.19. The summed E-state index contributed by atoms with van der Waals surface area (Å²) in [7, 11) is 0. The van der Waals surface area contributed by atoms with Crippen LogP contribution in [0.15, 0.2) is 39.9 Å². The van der Waals surface area contributed by atoms with Crippen LogP contribution >= 0.6 is 11.6 Å². The summed E-state index contributed by atoms with van der Waals surface area (Å²) in [5, 5.41) is 0.758. The van der Waals surface area contributed by atoms with Crippen molar-refractivity contribution in [3.05, 3.63) is 47.1 Å². The number of anilines is 1. The Morgan fingerprint density at radius 1 is 1.24 bits per heavy atom. The summed E-state index contributed by atoms with van der Waals surface area (Å²) in [6.45, 7) is 6.02. The third kappa shape index (κ3) is 4.66. The maximum Gasteiger partial charge on any atom is 0.194 e. The van der Waals surface area contributed by atoms with Crippen molar-refractivity contribution in [3.8, 4) is 0 Å². The SMILES string of the molecule is CCCc1ncc(CN=C(N)N2CCN(c3ccc(Cl)cc3)CC2)o1. The zero-order chi connectivity index (χ0) is 17.6. The molecule has 1 aromatic carbocycles. The van der Waals surface area contributed by atoms with E-state index in [0.717, 1.165) is 55.7 Å². The molecule has 134 valence electrons. The van der Waals surface area contributed by atoms with E-state index in [1.807, 2.05) is 24.3 Å². The lowest BCUT2D eigenvalue weighted by Crippen LogP contribution is -2.51. The topological polar surface area (TPSA) is 70.9 Å². The lowest BCUT2D eigenvalue weighted by Gasteiger charge is -2.36. The van der Waals surface area contributed by atoms with Gasteiger partial charge < -0.3 is 20.0 Å². The molecule has 1 saturated heterocycles. The number of piperazine rings is 1. The van der Waals surface area contributed by atoms with Gasteiger partial charge in [0.15, 0.2) is 11.9 Å². The Kier molecular flexibility index (Phi) is 5.81. The summed E-state index contributed by atoms with van der Waals surface area (Å²) in [4.78, 5) is 13.1. The average Bonchev–Trinajstić information content (AvgIpc) is 3.08. The van der Waals surface area contributed by atoms with Crippen LogP contribution in [0.25, 0.3) is 0 Å². The normalized spacial score (nSPS) is 15.7. The summed E-state index contributed by atoms with van der Waals surface area (Å²) in [5.74, 6) is 2.08. The third-order valence-electron chi connectivity index (χ3n) is 4.26. The fourth-order valence-corrected chi connectivity index (χ4v) is 2.98. The first kappa shape index (κ1) is 17.6. The van der Waals surface area contributed by atoms with E-state index in [0.29, 0.717) is 12.5 Å². The average molecular weight is 362 g/mol. The minimum Gasteiger partial charge on any atom is -0.444 e. The summed E-state index contributed by atoms with van der Waals surface area (Å²) in [6, 6.07) is 7.94. The first-order valence-corrected chi connectivity index (χ1v) is 9.02. The van der Waals surface area contributed by atoms with Gasteiger partial charge in [0, 0.05) is 43.3 Å². The number of nitrogens with two attached hydrogens (primary N) is 1. The van der Waals surface area contributed by atoms with Crippen LogP contribution in [0.4, 0.5) is 5.69 Å². The van der Waals surface area contributed by atoms with Gasteiger partial charge in [-0.05, 0) is 30.7 Å². The van der Waals surface area contributed by atoms with E-state index < -0.39 is 0 Å². The highest BCUT2D eigenvalue weighted by atomic mass is 35.5. The second-order valence-electron chi connectivity index (χ2n) is 6.10. The maximum absolute atomic E-state index is 6.14. The molecule has 1 aromatic heterocycles. The molecule has 0 atom stereocenters. The number of nitrogens with zero attached hydrogens (tertiary/aromatic N) is 4. The highest BCUT2D eigenvalue weighted by Gasteiger charge is 2.18. The Balaban J connectivity index is 1.51. The number of guanidine groups is 1. The molecule has 25 heavy (non-hydrogen) atoms. The molecule has 3 rings (SSSR count). The van der Waals surface area contributed by atoms with Crippen molar-refractivity contribution in [1.29, 1.82) is 0 Å². The molecule has 6 nitrogen and oxygen atoms in total. The minimum atomic E-state index is 0.431. The molecule has 0 amide bonds. The van der Waals surface area contributed by atoms with Gasteiger partial charge in [0.05, 0.1) is 6.20 Å². The Hall–Kier alpha value is -2.21. The number of benzene rings is 1. The van der Waals surface area contributed by atoms with Crippen molar-refractivity contribution < 1.29 is 4.42 Å². The van der Waals surface area contributed by atoms with E-state index in [2.05, 4.69) is 26.7 Å². The van der Waals surface area contributed by atoms with Gasteiger partial charge in [-0.3, -0.25) is 0 Å². The number of halogens is 1. The number of oxazole rings is 1. The van der Waals surface area contributed by atoms with Crippen molar-refractivity contribution in [1.82, 2.24) is 9.88 Å². The van der Waals surface area contributed by atoms with E-state index in [4.69, 9.17) is 21.8 Å². The third-order valence-corrected chi connectivity index (χ3v) is 4.51. The maximum atomic E-state index is 6.14. The predicted octanol–water partition coefficient (Wildman–Crippen LogP) is 2.92. The molecule has 2 aromatic rings. The number of aryl methyl sites for hydroxylation is 1. The smallest absolute Gasteiger partial charge is 0.194 e. The summed E-state index contributed by atoms with van der Waals surface area (Å²) in [6.07, 6.45) is 3.61. The Morgan fingerprint density at radius 2 is 1.96 bits per heavy atom. The fraction of sp³-hybridized carbons (Fsp3) is 0.444. The number of hydrogen-bond acceptors (Lipinski definition) is 4. The van der Waals surface area contributed by atoms with Gasteiger partial charge in [0.25, 0.3) is 0 Å². The number of hydrogen-bond donors (Lipinski definition) is 1. The Morgan fingerprint density at radius 3 is 2.64 bits per heavy atom. The molecular formula is C18H24ClN5O. The van der Waals surface area contributed by atoms with Crippen LogP contribution in [-0.4, -0.2) is 42.0 Å². The molecule has 0 unspecified atom stereocenters. The van der Waals surface area contributed by atoms with Gasteiger partial charge in [-0.25, -0.2) is 9.98 Å². The molecule has 1 fully saturated rings. The lowest BCUT2D eigenvalue weighted by atomic mass is 10.2. The monoisotopic (exact) mass is 361 g/mol. The van der Waals surface area contributed by atoms with Crippen molar-refractivity contribution in [2.75, 3.05) is 31.1 Å². The van der Waals surface area contributed by atoms with Crippen molar-refractivity contribution >= 4 is 23.2 Å². The van der Waals surface area contributed by atoms with Gasteiger partial charge >= 0.3 is 0 Å². The van der Waals surface area contributed by atoms with Gasteiger partial charge in [-0.2, -0.15) is 0 Å². The summed E-state index contributed by atoms with van der Waals surface area (Å²) < 4.78 is 5.64. The van der Waals surface area contributed by atoms with E-state index in [-0.39, 0.29) is 0 Å². The molecule has 0 bridgehead atoms. The van der Waals surface area contributed by atoms with E-state index in [1.54, 1.807) is 6.20 Å². The van der Waals surface area contributed by atoms with Crippen LogP contribution in [0.2, 0.25) is 5.02 Å². The minimum absolute atomic E-state index is 0.431. The van der Waals surface area contributed by atoms with E-state index >= 15 is 0 Å². The molecule has 0 saturated carbocycles. The van der Waals surface area contributed by atoms with Crippen LogP contribution in [0.3, 0.4) is 0 Å². The Bertz CT molecular complexity index is 705. The number of aliphatic imine (C=N–C) groups is 1. The van der Waals surface area contributed by atoms with Crippen LogP contribution in [0, 0.1) is 0 Å². The molecule has 1 aliphatic heterocycles. The second kappa shape index (κ2) is 8.25. The van der Waals surface area contributed by atoms with Crippen LogP contribution in [0.5, 0.6) is 0 Å². The molecule has 0 aliphatic carbocycles. The quantitative estimate of drug-likeness (QED) is 0.655. The number of rotatable bonds is 5. The van der Waals surface area contributed by atoms with Crippen molar-refractivity contribution in [2.45, 2.75) is 26.3 Å². The van der Waals surface area contributed by atoms with Crippen molar-refractivity contribution in [3.63, 3.8) is 0 Å². The first-order chi connectivity index (χ1) is 12.2. The first-order valence-electron chi connectivity index (χ1n) is 8.64. The molecule has 0 spiro atoms. The van der Waals surface area contributed by atoms with Crippen LogP contribution in [0.1, 0.15) is 25.0 Å². The zero-order valence-corrected chi connectivity index (χ0v) is 15.2. The Labute approximate surface area is 153 Å².